The second-order valence-corrected chi connectivity index (χ2v) is 8.84. The van der Waals surface area contributed by atoms with E-state index in [9.17, 15) is 20.2 Å². The minimum Gasteiger partial charge on any atom is -0.490 e. The molecule has 3 aromatic rings. The van der Waals surface area contributed by atoms with Gasteiger partial charge in [-0.1, -0.05) is 29.3 Å². The van der Waals surface area contributed by atoms with E-state index in [-0.39, 0.29) is 33.6 Å². The number of hydrogen-bond donors (Lipinski definition) is 1. The molecule has 11 heteroatoms. The third kappa shape index (κ3) is 6.76. The fraction of sp³-hybridized carbons (Fsp3) is 0.120. The van der Waals surface area contributed by atoms with E-state index < -0.39 is 10.8 Å². The molecule has 0 saturated carbocycles. The van der Waals surface area contributed by atoms with Crippen LogP contribution in [0.5, 0.6) is 11.5 Å². The highest BCUT2D eigenvalue weighted by Crippen LogP contribution is 2.38. The van der Waals surface area contributed by atoms with Crippen LogP contribution in [0.1, 0.15) is 18.1 Å². The minimum atomic E-state index is -0.658. The number of halogens is 3. The van der Waals surface area contributed by atoms with Crippen molar-refractivity contribution in [3.8, 4) is 17.6 Å². The molecule has 3 aromatic carbocycles. The number of benzene rings is 3. The number of nitro groups is 1. The van der Waals surface area contributed by atoms with Crippen molar-refractivity contribution in [3.63, 3.8) is 0 Å². The number of nitrogens with one attached hydrogen (secondary N) is 1. The van der Waals surface area contributed by atoms with Crippen LogP contribution in [0.2, 0.25) is 10.0 Å². The quantitative estimate of drug-likeness (QED) is 0.122. The van der Waals surface area contributed by atoms with Gasteiger partial charge >= 0.3 is 0 Å². The predicted octanol–water partition coefficient (Wildman–Crippen LogP) is 7.19. The SMILES string of the molecule is CCOc1cc(/C=C(/C#N)C(=O)Nc2cccc(Cl)c2Cl)cc(Br)c1OCc1ccc([N+](=O)[O-])cc1. The van der Waals surface area contributed by atoms with Gasteiger partial charge in [0.15, 0.2) is 11.5 Å². The van der Waals surface area contributed by atoms with Crippen molar-refractivity contribution in [1.29, 1.82) is 5.26 Å². The summed E-state index contributed by atoms with van der Waals surface area (Å²) in [6, 6.07) is 16.0. The Kier molecular flexibility index (Phi) is 9.31. The Bertz CT molecular complexity index is 1370. The number of hydrogen-bond acceptors (Lipinski definition) is 6. The van der Waals surface area contributed by atoms with E-state index in [2.05, 4.69) is 21.2 Å². The van der Waals surface area contributed by atoms with Crippen LogP contribution in [0.25, 0.3) is 6.08 Å². The monoisotopic (exact) mass is 589 g/mol. The van der Waals surface area contributed by atoms with E-state index in [1.807, 2.05) is 6.07 Å². The van der Waals surface area contributed by atoms with E-state index in [0.29, 0.717) is 28.1 Å². The van der Waals surface area contributed by atoms with Crippen LogP contribution in [-0.2, 0) is 11.4 Å². The number of carbonyl (C=O) groups is 1. The van der Waals surface area contributed by atoms with Gasteiger partial charge in [0.1, 0.15) is 18.2 Å². The fourth-order valence-electron chi connectivity index (χ4n) is 3.05. The maximum atomic E-state index is 12.7. The smallest absolute Gasteiger partial charge is 0.269 e. The molecule has 0 aliphatic heterocycles. The summed E-state index contributed by atoms with van der Waals surface area (Å²) in [5.41, 5.74) is 1.33. The van der Waals surface area contributed by atoms with Crippen molar-refractivity contribution in [1.82, 2.24) is 0 Å². The molecule has 1 N–H and O–H groups in total. The molecule has 0 heterocycles. The van der Waals surface area contributed by atoms with Gasteiger partial charge in [0.05, 0.1) is 31.7 Å². The first-order valence-corrected chi connectivity index (χ1v) is 12.0. The van der Waals surface area contributed by atoms with E-state index in [0.717, 1.165) is 5.56 Å². The third-order valence-electron chi connectivity index (χ3n) is 4.74. The average Bonchev–Trinajstić information content (AvgIpc) is 2.85. The molecule has 0 saturated heterocycles. The lowest BCUT2D eigenvalue weighted by Gasteiger charge is -2.15. The Morgan fingerprint density at radius 1 is 1.19 bits per heavy atom. The lowest BCUT2D eigenvalue weighted by molar-refractivity contribution is -0.384. The third-order valence-corrected chi connectivity index (χ3v) is 6.15. The largest absolute Gasteiger partial charge is 0.490 e. The maximum absolute atomic E-state index is 12.7. The fourth-order valence-corrected chi connectivity index (χ4v) is 3.97. The Morgan fingerprint density at radius 3 is 2.56 bits per heavy atom. The molecular formula is C25H18BrCl2N3O5. The van der Waals surface area contributed by atoms with Crippen LogP contribution in [-0.4, -0.2) is 17.4 Å². The van der Waals surface area contributed by atoms with Gasteiger partial charge in [-0.25, -0.2) is 0 Å². The highest BCUT2D eigenvalue weighted by Gasteiger charge is 2.16. The summed E-state index contributed by atoms with van der Waals surface area (Å²) in [6.07, 6.45) is 1.40. The molecule has 3 rings (SSSR count). The Labute approximate surface area is 225 Å². The van der Waals surface area contributed by atoms with Gasteiger partial charge in [-0.15, -0.1) is 0 Å². The summed E-state index contributed by atoms with van der Waals surface area (Å²) < 4.78 is 12.1. The molecule has 0 aromatic heterocycles. The van der Waals surface area contributed by atoms with E-state index in [4.69, 9.17) is 32.7 Å². The molecule has 184 valence electrons. The average molecular weight is 591 g/mol. The van der Waals surface area contributed by atoms with Crippen LogP contribution < -0.4 is 14.8 Å². The van der Waals surface area contributed by atoms with Gasteiger partial charge < -0.3 is 14.8 Å². The molecule has 0 unspecified atom stereocenters. The van der Waals surface area contributed by atoms with Gasteiger partial charge in [-0.05, 0) is 76.5 Å². The van der Waals surface area contributed by atoms with Crippen molar-refractivity contribution in [3.05, 3.63) is 95.9 Å². The first-order chi connectivity index (χ1) is 17.2. The molecule has 8 nitrogen and oxygen atoms in total. The van der Waals surface area contributed by atoms with Gasteiger partial charge in [-0.2, -0.15) is 5.26 Å². The summed E-state index contributed by atoms with van der Waals surface area (Å²) >= 11 is 15.6. The molecule has 0 atom stereocenters. The zero-order valence-electron chi connectivity index (χ0n) is 18.8. The van der Waals surface area contributed by atoms with Gasteiger partial charge in [0.2, 0.25) is 0 Å². The van der Waals surface area contributed by atoms with Crippen molar-refractivity contribution in [2.24, 2.45) is 0 Å². The van der Waals surface area contributed by atoms with E-state index in [1.54, 1.807) is 49.4 Å². The standard InChI is InChI=1S/C25H18BrCl2N3O5/c1-2-35-22-12-16(10-17(13-29)25(32)30-21-5-3-4-20(27)23(21)28)11-19(26)24(22)36-14-15-6-8-18(9-7-15)31(33)34/h3-12H,2,14H2,1H3,(H,30,32)/b17-10-. The lowest BCUT2D eigenvalue weighted by Crippen LogP contribution is -2.13. The normalized spacial score (nSPS) is 10.9. The summed E-state index contributed by atoms with van der Waals surface area (Å²) in [6.45, 7) is 2.28. The van der Waals surface area contributed by atoms with Crippen molar-refractivity contribution >= 4 is 62.5 Å². The second kappa shape index (κ2) is 12.4. The Morgan fingerprint density at radius 2 is 1.92 bits per heavy atom. The predicted molar refractivity (Wildman–Crippen MR) is 141 cm³/mol. The van der Waals surface area contributed by atoms with Gasteiger partial charge in [0, 0.05) is 12.1 Å². The molecular weight excluding hydrogens is 573 g/mol. The highest BCUT2D eigenvalue weighted by atomic mass is 79.9. The molecule has 0 radical (unpaired) electrons. The van der Waals surface area contributed by atoms with Crippen molar-refractivity contribution < 1.29 is 19.2 Å². The number of non-ortho nitro benzene ring substituents is 1. The summed E-state index contributed by atoms with van der Waals surface area (Å²) in [4.78, 5) is 23.0. The van der Waals surface area contributed by atoms with Crippen LogP contribution in [0.15, 0.2) is 64.6 Å². The number of anilines is 1. The molecule has 0 fully saturated rings. The van der Waals surface area contributed by atoms with Crippen molar-refractivity contribution in [2.45, 2.75) is 13.5 Å². The van der Waals surface area contributed by atoms with Gasteiger partial charge in [0.25, 0.3) is 11.6 Å². The van der Waals surface area contributed by atoms with Crippen molar-refractivity contribution in [2.75, 3.05) is 11.9 Å². The lowest BCUT2D eigenvalue weighted by atomic mass is 10.1. The number of nitro benzene ring substituents is 1. The Hall–Kier alpha value is -3.58. The van der Waals surface area contributed by atoms with Crippen LogP contribution in [0.3, 0.4) is 0 Å². The van der Waals surface area contributed by atoms with E-state index >= 15 is 0 Å². The number of rotatable bonds is 9. The second-order valence-electron chi connectivity index (χ2n) is 7.20. The maximum Gasteiger partial charge on any atom is 0.269 e. The highest BCUT2D eigenvalue weighted by molar-refractivity contribution is 9.10. The summed E-state index contributed by atoms with van der Waals surface area (Å²) in [7, 11) is 0. The number of ether oxygens (including phenoxy) is 2. The van der Waals surface area contributed by atoms with Crippen LogP contribution in [0, 0.1) is 21.4 Å². The molecule has 0 spiro atoms. The number of nitrogens with zero attached hydrogens (tertiary/aromatic N) is 2. The molecule has 0 aliphatic rings. The van der Waals surface area contributed by atoms with Gasteiger partial charge in [-0.3, -0.25) is 14.9 Å². The number of carbonyl (C=O) groups excluding carboxylic acids is 1. The minimum absolute atomic E-state index is 0.0129. The number of nitriles is 1. The molecule has 0 bridgehead atoms. The zero-order chi connectivity index (χ0) is 26.2. The topological polar surface area (TPSA) is 114 Å². The summed E-state index contributed by atoms with van der Waals surface area (Å²) in [5.74, 6) is 0.130. The zero-order valence-corrected chi connectivity index (χ0v) is 21.9. The van der Waals surface area contributed by atoms with E-state index in [1.165, 1.54) is 18.2 Å². The molecule has 36 heavy (non-hydrogen) atoms. The first kappa shape index (κ1) is 27.0. The Balaban J connectivity index is 1.84. The summed E-state index contributed by atoms with van der Waals surface area (Å²) in [5, 5.41) is 23.4. The van der Waals surface area contributed by atoms with Crippen LogP contribution >= 0.6 is 39.1 Å². The molecule has 1 amide bonds. The molecule has 0 aliphatic carbocycles. The number of amides is 1. The van der Waals surface area contributed by atoms with Crippen LogP contribution in [0.4, 0.5) is 11.4 Å². The first-order valence-electron chi connectivity index (χ1n) is 10.4.